The van der Waals surface area contributed by atoms with E-state index in [4.69, 9.17) is 0 Å². The monoisotopic (exact) mass is 221 g/mol. The first-order valence-electron chi connectivity index (χ1n) is 4.53. The van der Waals surface area contributed by atoms with E-state index < -0.39 is 0 Å². The Balaban J connectivity index is 2.31. The Bertz CT molecular complexity index is 486. The van der Waals surface area contributed by atoms with Crippen molar-refractivity contribution in [3.8, 4) is 11.3 Å². The molecule has 2 rings (SSSR count). The van der Waals surface area contributed by atoms with E-state index in [-0.39, 0.29) is 5.91 Å². The molecular weight excluding hydrogens is 210 g/mol. The van der Waals surface area contributed by atoms with Gasteiger partial charge in [0.1, 0.15) is 5.69 Å². The van der Waals surface area contributed by atoms with Crippen LogP contribution in [0.4, 0.5) is 0 Å². The highest BCUT2D eigenvalue weighted by atomic mass is 32.1. The fourth-order valence-corrected chi connectivity index (χ4v) is 1.93. The number of nitrogens with one attached hydrogen (secondary N) is 2. The number of aryl methyl sites for hydroxylation is 1. The van der Waals surface area contributed by atoms with Crippen LogP contribution in [0, 0.1) is 6.92 Å². The molecule has 0 aliphatic heterocycles. The summed E-state index contributed by atoms with van der Waals surface area (Å²) in [6.07, 6.45) is 1.79. The van der Waals surface area contributed by atoms with Gasteiger partial charge in [-0.3, -0.25) is 4.79 Å². The zero-order valence-corrected chi connectivity index (χ0v) is 9.31. The number of hydrogen-bond donors (Lipinski definition) is 2. The lowest BCUT2D eigenvalue weighted by Gasteiger charge is -1.92. The highest BCUT2D eigenvalue weighted by molar-refractivity contribution is 7.09. The Kier molecular flexibility index (Phi) is 2.55. The number of H-pyrrole nitrogens is 1. The normalized spacial score (nSPS) is 10.3. The molecule has 0 saturated heterocycles. The van der Waals surface area contributed by atoms with Gasteiger partial charge in [0.05, 0.1) is 10.7 Å². The zero-order chi connectivity index (χ0) is 10.8. The number of carbonyl (C=O) groups excluding carboxylic acids is 1. The van der Waals surface area contributed by atoms with Crippen LogP contribution in [0.1, 0.15) is 15.5 Å². The van der Waals surface area contributed by atoms with E-state index in [1.807, 2.05) is 12.3 Å². The summed E-state index contributed by atoms with van der Waals surface area (Å²) in [5.74, 6) is -0.117. The lowest BCUT2D eigenvalue weighted by molar-refractivity contribution is 0.0959. The van der Waals surface area contributed by atoms with E-state index in [0.29, 0.717) is 5.69 Å². The molecule has 1 amide bonds. The van der Waals surface area contributed by atoms with E-state index >= 15 is 0 Å². The molecule has 0 atom stereocenters. The van der Waals surface area contributed by atoms with E-state index in [2.05, 4.69) is 15.3 Å². The Morgan fingerprint density at radius 2 is 2.40 bits per heavy atom. The van der Waals surface area contributed by atoms with Crippen LogP contribution in [0.2, 0.25) is 0 Å². The minimum absolute atomic E-state index is 0.117. The fourth-order valence-electron chi connectivity index (χ4n) is 1.30. The number of amides is 1. The summed E-state index contributed by atoms with van der Waals surface area (Å²) in [5, 5.41) is 5.56. The molecule has 0 aliphatic rings. The lowest BCUT2D eigenvalue weighted by atomic mass is 10.2. The molecule has 2 aromatic heterocycles. The Morgan fingerprint density at radius 1 is 1.60 bits per heavy atom. The van der Waals surface area contributed by atoms with Gasteiger partial charge in [0.2, 0.25) is 0 Å². The quantitative estimate of drug-likeness (QED) is 0.812. The number of aromatic nitrogens is 2. The molecule has 0 bridgehead atoms. The van der Waals surface area contributed by atoms with Crippen LogP contribution in [-0.4, -0.2) is 22.9 Å². The van der Waals surface area contributed by atoms with Gasteiger partial charge >= 0.3 is 0 Å². The first kappa shape index (κ1) is 9.92. The van der Waals surface area contributed by atoms with E-state index in [1.165, 1.54) is 0 Å². The summed E-state index contributed by atoms with van der Waals surface area (Å²) in [6.45, 7) is 1.96. The zero-order valence-electron chi connectivity index (χ0n) is 8.50. The van der Waals surface area contributed by atoms with Crippen molar-refractivity contribution in [3.05, 3.63) is 28.3 Å². The number of carbonyl (C=O) groups is 1. The second kappa shape index (κ2) is 3.86. The standard InChI is InChI=1S/C10H11N3OS/c1-6-13-9(5-15-6)7-3-8(12-4-7)10(14)11-2/h3-5,12H,1-2H3,(H,11,14). The molecule has 5 heteroatoms. The van der Waals surface area contributed by atoms with Gasteiger partial charge in [-0.05, 0) is 13.0 Å². The van der Waals surface area contributed by atoms with Gasteiger partial charge in [-0.15, -0.1) is 11.3 Å². The van der Waals surface area contributed by atoms with Crippen LogP contribution in [0.3, 0.4) is 0 Å². The molecule has 2 N–H and O–H groups in total. The molecule has 0 fully saturated rings. The highest BCUT2D eigenvalue weighted by Gasteiger charge is 2.09. The molecule has 0 aromatic carbocycles. The summed E-state index contributed by atoms with van der Waals surface area (Å²) in [4.78, 5) is 18.6. The largest absolute Gasteiger partial charge is 0.357 e. The summed E-state index contributed by atoms with van der Waals surface area (Å²) >= 11 is 1.60. The van der Waals surface area contributed by atoms with Gasteiger partial charge in [0.15, 0.2) is 0 Å². The number of thiazole rings is 1. The first-order valence-corrected chi connectivity index (χ1v) is 5.41. The van der Waals surface area contributed by atoms with Crippen LogP contribution in [0.25, 0.3) is 11.3 Å². The predicted molar refractivity (Wildman–Crippen MR) is 60.0 cm³/mol. The summed E-state index contributed by atoms with van der Waals surface area (Å²) in [5.41, 5.74) is 2.40. The van der Waals surface area contributed by atoms with Gasteiger partial charge in [-0.2, -0.15) is 0 Å². The highest BCUT2D eigenvalue weighted by Crippen LogP contribution is 2.21. The van der Waals surface area contributed by atoms with Crippen molar-refractivity contribution in [1.82, 2.24) is 15.3 Å². The van der Waals surface area contributed by atoms with Crippen molar-refractivity contribution in [2.45, 2.75) is 6.92 Å². The van der Waals surface area contributed by atoms with Crippen LogP contribution in [-0.2, 0) is 0 Å². The Labute approximate surface area is 91.4 Å². The van der Waals surface area contributed by atoms with Crippen molar-refractivity contribution in [1.29, 1.82) is 0 Å². The Hall–Kier alpha value is -1.62. The molecule has 2 heterocycles. The van der Waals surface area contributed by atoms with Crippen LogP contribution < -0.4 is 5.32 Å². The molecular formula is C10H11N3OS. The first-order chi connectivity index (χ1) is 7.20. The van der Waals surface area contributed by atoms with Crippen LogP contribution in [0.5, 0.6) is 0 Å². The van der Waals surface area contributed by atoms with E-state index in [0.717, 1.165) is 16.3 Å². The van der Waals surface area contributed by atoms with Crippen LogP contribution >= 0.6 is 11.3 Å². The molecule has 4 nitrogen and oxygen atoms in total. The summed E-state index contributed by atoms with van der Waals surface area (Å²) in [6, 6.07) is 1.80. The van der Waals surface area contributed by atoms with Crippen molar-refractivity contribution in [2.24, 2.45) is 0 Å². The Morgan fingerprint density at radius 3 is 3.00 bits per heavy atom. The maximum atomic E-state index is 11.3. The molecule has 15 heavy (non-hydrogen) atoms. The minimum atomic E-state index is -0.117. The third-order valence-corrected chi connectivity index (χ3v) is 2.84. The number of rotatable bonds is 2. The SMILES string of the molecule is CNC(=O)c1cc(-c2csc(C)n2)c[nH]1. The number of hydrogen-bond acceptors (Lipinski definition) is 3. The van der Waals surface area contributed by atoms with Gasteiger partial charge in [-0.25, -0.2) is 4.98 Å². The summed E-state index contributed by atoms with van der Waals surface area (Å²) < 4.78 is 0. The van der Waals surface area contributed by atoms with Crippen molar-refractivity contribution >= 4 is 17.2 Å². The van der Waals surface area contributed by atoms with Gasteiger partial charge in [0.25, 0.3) is 5.91 Å². The fraction of sp³-hybridized carbons (Fsp3) is 0.200. The molecule has 0 saturated carbocycles. The summed E-state index contributed by atoms with van der Waals surface area (Å²) in [7, 11) is 1.61. The minimum Gasteiger partial charge on any atom is -0.357 e. The van der Waals surface area contributed by atoms with Crippen molar-refractivity contribution in [2.75, 3.05) is 7.05 Å². The lowest BCUT2D eigenvalue weighted by Crippen LogP contribution is -2.17. The van der Waals surface area contributed by atoms with Gasteiger partial charge in [-0.1, -0.05) is 0 Å². The average molecular weight is 221 g/mol. The van der Waals surface area contributed by atoms with E-state index in [9.17, 15) is 4.79 Å². The van der Waals surface area contributed by atoms with Crippen molar-refractivity contribution < 1.29 is 4.79 Å². The third-order valence-electron chi connectivity index (χ3n) is 2.07. The second-order valence-corrected chi connectivity index (χ2v) is 4.20. The molecule has 0 spiro atoms. The molecule has 78 valence electrons. The molecule has 0 aliphatic carbocycles. The second-order valence-electron chi connectivity index (χ2n) is 3.13. The number of aromatic amines is 1. The maximum absolute atomic E-state index is 11.3. The van der Waals surface area contributed by atoms with Gasteiger partial charge in [0, 0.05) is 24.2 Å². The topological polar surface area (TPSA) is 57.8 Å². The van der Waals surface area contributed by atoms with Crippen LogP contribution in [0.15, 0.2) is 17.6 Å². The third kappa shape index (κ3) is 1.92. The average Bonchev–Trinajstić information content (AvgIpc) is 2.84. The smallest absolute Gasteiger partial charge is 0.267 e. The maximum Gasteiger partial charge on any atom is 0.267 e. The molecule has 2 aromatic rings. The van der Waals surface area contributed by atoms with Gasteiger partial charge < -0.3 is 10.3 Å². The number of nitrogens with zero attached hydrogens (tertiary/aromatic N) is 1. The van der Waals surface area contributed by atoms with Crippen molar-refractivity contribution in [3.63, 3.8) is 0 Å². The molecule has 0 radical (unpaired) electrons. The molecule has 0 unspecified atom stereocenters. The predicted octanol–water partition coefficient (Wildman–Crippen LogP) is 1.81. The van der Waals surface area contributed by atoms with E-state index in [1.54, 1.807) is 30.6 Å².